The smallest absolute Gasteiger partial charge is 0.107 e. The third-order valence-corrected chi connectivity index (χ3v) is 5.98. The van der Waals surface area contributed by atoms with E-state index in [0.717, 1.165) is 28.6 Å². The first-order chi connectivity index (χ1) is 9.69. The molecule has 20 heavy (non-hydrogen) atoms. The third-order valence-electron chi connectivity index (χ3n) is 3.44. The summed E-state index contributed by atoms with van der Waals surface area (Å²) in [6.07, 6.45) is 0. The molecule has 5 heteroatoms. The topological polar surface area (TPSA) is 21.3 Å². The van der Waals surface area contributed by atoms with E-state index >= 15 is 0 Å². The summed E-state index contributed by atoms with van der Waals surface area (Å²) in [6.45, 7) is 4.48. The minimum absolute atomic E-state index is 0.180. The minimum atomic E-state index is 0.180. The highest BCUT2D eigenvalue weighted by Gasteiger charge is 2.20. The predicted octanol–water partition coefficient (Wildman–Crippen LogP) is 4.89. The van der Waals surface area contributed by atoms with Crippen molar-refractivity contribution in [1.29, 1.82) is 0 Å². The van der Waals surface area contributed by atoms with E-state index in [1.54, 1.807) is 11.3 Å². The van der Waals surface area contributed by atoms with E-state index < -0.39 is 0 Å². The lowest BCUT2D eigenvalue weighted by molar-refractivity contribution is 0.134. The number of hydrogen-bond donors (Lipinski definition) is 1. The van der Waals surface area contributed by atoms with Crippen LogP contribution in [-0.2, 0) is 18.0 Å². The van der Waals surface area contributed by atoms with E-state index in [1.165, 1.54) is 21.6 Å². The maximum atomic E-state index is 6.18. The van der Waals surface area contributed by atoms with Gasteiger partial charge in [0.2, 0.25) is 0 Å². The van der Waals surface area contributed by atoms with E-state index in [2.05, 4.69) is 52.4 Å². The van der Waals surface area contributed by atoms with Gasteiger partial charge in [0.25, 0.3) is 0 Å². The first kappa shape index (κ1) is 14.5. The highest BCUT2D eigenvalue weighted by molar-refractivity contribution is 9.10. The number of nitrogens with one attached hydrogen (secondary N) is 1. The molecule has 1 aromatic heterocycles. The molecular formula is C15H15BrClNOS. The molecule has 0 radical (unpaired) electrons. The van der Waals surface area contributed by atoms with Crippen molar-refractivity contribution < 1.29 is 4.74 Å². The van der Waals surface area contributed by atoms with Crippen molar-refractivity contribution in [2.45, 2.75) is 26.2 Å². The van der Waals surface area contributed by atoms with E-state index in [-0.39, 0.29) is 6.04 Å². The molecule has 1 N–H and O–H groups in total. The second-order valence-corrected chi connectivity index (χ2v) is 7.32. The van der Waals surface area contributed by atoms with Crippen LogP contribution in [0.15, 0.2) is 28.7 Å². The molecule has 1 unspecified atom stereocenters. The standard InChI is InChI=1S/C15H15BrClNOS/c1-2-18-14(13-6-12(16)15(17)20-13)9-3-4-10-7-19-8-11(10)5-9/h3-6,14,18H,2,7-8H2,1H3. The van der Waals surface area contributed by atoms with Crippen molar-refractivity contribution in [3.05, 3.63) is 54.6 Å². The van der Waals surface area contributed by atoms with Crippen LogP contribution in [-0.4, -0.2) is 6.54 Å². The van der Waals surface area contributed by atoms with Crippen LogP contribution in [0.3, 0.4) is 0 Å². The van der Waals surface area contributed by atoms with E-state index in [1.807, 2.05) is 0 Å². The van der Waals surface area contributed by atoms with Gasteiger partial charge in [-0.3, -0.25) is 0 Å². The molecule has 0 fully saturated rings. The normalized spacial score (nSPS) is 15.3. The largest absolute Gasteiger partial charge is 0.372 e. The molecule has 0 saturated carbocycles. The molecule has 0 amide bonds. The summed E-state index contributed by atoms with van der Waals surface area (Å²) >= 11 is 11.3. The zero-order valence-corrected chi connectivity index (χ0v) is 14.2. The summed E-state index contributed by atoms with van der Waals surface area (Å²) in [5, 5.41) is 3.54. The number of halogens is 2. The first-order valence-corrected chi connectivity index (χ1v) is 8.55. The van der Waals surface area contributed by atoms with Crippen molar-refractivity contribution >= 4 is 38.9 Å². The van der Waals surface area contributed by atoms with Gasteiger partial charge in [-0.1, -0.05) is 36.7 Å². The van der Waals surface area contributed by atoms with Gasteiger partial charge >= 0.3 is 0 Å². The highest BCUT2D eigenvalue weighted by Crippen LogP contribution is 2.38. The van der Waals surface area contributed by atoms with Crippen LogP contribution in [0, 0.1) is 0 Å². The van der Waals surface area contributed by atoms with Gasteiger partial charge < -0.3 is 10.1 Å². The fraction of sp³-hybridized carbons (Fsp3) is 0.333. The summed E-state index contributed by atoms with van der Waals surface area (Å²) in [5.74, 6) is 0. The molecular weight excluding hydrogens is 358 g/mol. The molecule has 1 aromatic carbocycles. The highest BCUT2D eigenvalue weighted by atomic mass is 79.9. The van der Waals surface area contributed by atoms with Crippen LogP contribution in [0.4, 0.5) is 0 Å². The van der Waals surface area contributed by atoms with Crippen LogP contribution >= 0.6 is 38.9 Å². The fourth-order valence-electron chi connectivity index (χ4n) is 2.46. The Hall–Kier alpha value is -0.390. The molecule has 106 valence electrons. The van der Waals surface area contributed by atoms with Gasteiger partial charge in [0, 0.05) is 9.35 Å². The Bertz CT molecular complexity index is 609. The van der Waals surface area contributed by atoms with Gasteiger partial charge in [0.1, 0.15) is 4.34 Å². The molecule has 2 heterocycles. The molecule has 2 nitrogen and oxygen atoms in total. The number of thiophene rings is 1. The SMILES string of the molecule is CCNC(c1ccc2c(c1)COC2)c1cc(Br)c(Cl)s1. The molecule has 1 atom stereocenters. The van der Waals surface area contributed by atoms with Gasteiger partial charge in [0.05, 0.1) is 19.3 Å². The van der Waals surface area contributed by atoms with Gasteiger partial charge in [-0.25, -0.2) is 0 Å². The summed E-state index contributed by atoms with van der Waals surface area (Å²) in [4.78, 5) is 1.22. The molecule has 0 spiro atoms. The number of fused-ring (bicyclic) bond motifs is 1. The summed E-state index contributed by atoms with van der Waals surface area (Å²) in [5.41, 5.74) is 3.86. The van der Waals surface area contributed by atoms with Gasteiger partial charge in [0.15, 0.2) is 0 Å². The number of rotatable bonds is 4. The van der Waals surface area contributed by atoms with Crippen molar-refractivity contribution in [3.8, 4) is 0 Å². The predicted molar refractivity (Wildman–Crippen MR) is 87.5 cm³/mol. The zero-order valence-electron chi connectivity index (χ0n) is 11.1. The van der Waals surface area contributed by atoms with Crippen LogP contribution in [0.2, 0.25) is 4.34 Å². The quantitative estimate of drug-likeness (QED) is 0.824. The Morgan fingerprint density at radius 2 is 2.15 bits per heavy atom. The van der Waals surface area contributed by atoms with E-state index in [0.29, 0.717) is 0 Å². The molecule has 3 rings (SSSR count). The second-order valence-electron chi connectivity index (χ2n) is 4.78. The lowest BCUT2D eigenvalue weighted by Gasteiger charge is -2.17. The lowest BCUT2D eigenvalue weighted by Crippen LogP contribution is -2.21. The van der Waals surface area contributed by atoms with Crippen LogP contribution < -0.4 is 5.32 Å². The van der Waals surface area contributed by atoms with Crippen molar-refractivity contribution in [2.75, 3.05) is 6.54 Å². The van der Waals surface area contributed by atoms with E-state index in [9.17, 15) is 0 Å². The number of hydrogen-bond acceptors (Lipinski definition) is 3. The molecule has 1 aliphatic rings. The Morgan fingerprint density at radius 3 is 2.85 bits per heavy atom. The Kier molecular flexibility index (Phi) is 4.48. The maximum Gasteiger partial charge on any atom is 0.107 e. The van der Waals surface area contributed by atoms with Gasteiger partial charge in [-0.05, 0) is 45.2 Å². The summed E-state index contributed by atoms with van der Waals surface area (Å²) in [6, 6.07) is 8.88. The van der Waals surface area contributed by atoms with Crippen LogP contribution in [0.5, 0.6) is 0 Å². The third kappa shape index (κ3) is 2.81. The molecule has 0 saturated heterocycles. The Balaban J connectivity index is 1.98. The van der Waals surface area contributed by atoms with E-state index in [4.69, 9.17) is 16.3 Å². The second kappa shape index (κ2) is 6.16. The van der Waals surface area contributed by atoms with Crippen molar-refractivity contribution in [2.24, 2.45) is 0 Å². The summed E-state index contributed by atoms with van der Waals surface area (Å²) in [7, 11) is 0. The van der Waals surface area contributed by atoms with Crippen LogP contribution in [0.1, 0.15) is 34.5 Å². The monoisotopic (exact) mass is 371 g/mol. The van der Waals surface area contributed by atoms with Gasteiger partial charge in [-0.15, -0.1) is 11.3 Å². The molecule has 2 aromatic rings. The Labute approximate surface area is 136 Å². The average Bonchev–Trinajstić information content (AvgIpc) is 3.02. The number of benzene rings is 1. The Morgan fingerprint density at radius 1 is 1.35 bits per heavy atom. The molecule has 1 aliphatic heterocycles. The average molecular weight is 373 g/mol. The molecule has 0 aliphatic carbocycles. The van der Waals surface area contributed by atoms with Crippen LogP contribution in [0.25, 0.3) is 0 Å². The summed E-state index contributed by atoms with van der Waals surface area (Å²) < 4.78 is 7.26. The zero-order chi connectivity index (χ0) is 14.1. The number of ether oxygens (including phenoxy) is 1. The molecule has 0 bridgehead atoms. The first-order valence-electron chi connectivity index (χ1n) is 6.56. The van der Waals surface area contributed by atoms with Crippen molar-refractivity contribution in [1.82, 2.24) is 5.32 Å². The minimum Gasteiger partial charge on any atom is -0.372 e. The lowest BCUT2D eigenvalue weighted by atomic mass is 10.00. The van der Waals surface area contributed by atoms with Crippen molar-refractivity contribution in [3.63, 3.8) is 0 Å². The fourth-order valence-corrected chi connectivity index (χ4v) is 4.30. The maximum absolute atomic E-state index is 6.18. The van der Waals surface area contributed by atoms with Gasteiger partial charge in [-0.2, -0.15) is 0 Å².